The van der Waals surface area contributed by atoms with Gasteiger partial charge in [-0.05, 0) is 151 Å². The van der Waals surface area contributed by atoms with Crippen LogP contribution in [0, 0.1) is 0 Å². The first-order valence-corrected chi connectivity index (χ1v) is 46.4. The molecule has 2 aromatic rings. The minimum atomic E-state index is -0.956. The molecule has 0 unspecified atom stereocenters. The largest absolute Gasteiger partial charge is 0.478 e. The average molecular weight is 1430 g/mol. The summed E-state index contributed by atoms with van der Waals surface area (Å²) in [6.45, 7) is 30.6. The van der Waals surface area contributed by atoms with Crippen molar-refractivity contribution in [3.63, 3.8) is 0 Å². The quantitative estimate of drug-likeness (QED) is 0.0510. The molecule has 2 rings (SSSR count). The molecule has 0 aromatic heterocycles. The SMILES string of the molecule is CCCCCCCCCC[N+](CCCCCCCCCC)(CCCCCCCCCC)CCCCCCCCCC.CCCCCCCCCC[N+](CCCCCCCCCC)(CCCCCCCCCC)CCCCCCCCCC.O=C(O)c1ccc(Sc2ccc(C(=O)O)cc2)cc1. The van der Waals surface area contributed by atoms with Gasteiger partial charge in [-0.25, -0.2) is 9.59 Å². The third kappa shape index (κ3) is 64.5. The van der Waals surface area contributed by atoms with Crippen molar-refractivity contribution < 1.29 is 28.8 Å². The highest BCUT2D eigenvalue weighted by Gasteiger charge is 2.27. The van der Waals surface area contributed by atoms with E-state index in [-0.39, 0.29) is 11.1 Å². The van der Waals surface area contributed by atoms with Gasteiger partial charge in [0, 0.05) is 9.79 Å². The van der Waals surface area contributed by atoms with Crippen LogP contribution in [0.3, 0.4) is 0 Å². The van der Waals surface area contributed by atoms with Crippen molar-refractivity contribution in [2.75, 3.05) is 52.4 Å². The number of benzene rings is 2. The van der Waals surface area contributed by atoms with Crippen LogP contribution in [0.15, 0.2) is 58.3 Å². The number of rotatable bonds is 76. The Morgan fingerprint density at radius 2 is 0.327 bits per heavy atom. The molecule has 101 heavy (non-hydrogen) atoms. The summed E-state index contributed by atoms with van der Waals surface area (Å²) >= 11 is 1.44. The summed E-state index contributed by atoms with van der Waals surface area (Å²) in [7, 11) is 0. The number of quaternary nitrogens is 2. The topological polar surface area (TPSA) is 74.6 Å². The first-order chi connectivity index (χ1) is 49.5. The van der Waals surface area contributed by atoms with Gasteiger partial charge >= 0.3 is 11.9 Å². The third-order valence-corrected chi connectivity index (χ3v) is 23.3. The fourth-order valence-electron chi connectivity index (χ4n) is 15.5. The standard InChI is InChI=1S/2C40H84N.C14H10O4S/c2*1-5-9-13-17-21-25-29-33-37-41(38-34-30-26-22-18-14-10-6-2,39-35-31-27-23-19-15-11-7-3)40-36-32-28-24-20-16-12-8-4;15-13(16)9-1-5-11(6-2-9)19-12-7-3-10(4-8-12)14(17)18/h2*5-40H2,1-4H3;1-8H,(H,15,16)(H,17,18)/q2*+1;. The number of carboxylic acid groups (broad SMARTS) is 2. The number of hydrogen-bond donors (Lipinski definition) is 2. The van der Waals surface area contributed by atoms with Crippen LogP contribution in [-0.2, 0) is 0 Å². The molecule has 0 fully saturated rings. The molecule has 0 bridgehead atoms. The molecule has 0 spiro atoms. The molecule has 0 amide bonds. The summed E-state index contributed by atoms with van der Waals surface area (Å²) in [5.74, 6) is -1.91. The fraction of sp³-hybridized carbons (Fsp3) is 0.851. The lowest BCUT2D eigenvalue weighted by Crippen LogP contribution is -2.50. The lowest BCUT2D eigenvalue weighted by molar-refractivity contribution is -0.929. The predicted octanol–water partition coefficient (Wildman–Crippen LogP) is 32.0. The van der Waals surface area contributed by atoms with Gasteiger partial charge in [0.05, 0.1) is 63.5 Å². The fourth-order valence-corrected chi connectivity index (χ4v) is 16.3. The minimum Gasteiger partial charge on any atom is -0.478 e. The van der Waals surface area contributed by atoms with Crippen LogP contribution in [0.2, 0.25) is 0 Å². The predicted molar refractivity (Wildman–Crippen MR) is 451 cm³/mol. The van der Waals surface area contributed by atoms with Crippen molar-refractivity contribution in [1.29, 1.82) is 0 Å². The van der Waals surface area contributed by atoms with Crippen LogP contribution in [0.4, 0.5) is 0 Å². The van der Waals surface area contributed by atoms with Crippen LogP contribution in [0.5, 0.6) is 0 Å². The minimum absolute atomic E-state index is 0.241. The van der Waals surface area contributed by atoms with Crippen LogP contribution in [-0.4, -0.2) is 83.5 Å². The van der Waals surface area contributed by atoms with Gasteiger partial charge in [-0.1, -0.05) is 375 Å². The van der Waals surface area contributed by atoms with Gasteiger partial charge in [-0.3, -0.25) is 0 Å². The van der Waals surface area contributed by atoms with Gasteiger partial charge in [0.1, 0.15) is 0 Å². The monoisotopic (exact) mass is 1430 g/mol. The van der Waals surface area contributed by atoms with Gasteiger partial charge < -0.3 is 19.2 Å². The van der Waals surface area contributed by atoms with Crippen molar-refractivity contribution >= 4 is 23.7 Å². The first-order valence-electron chi connectivity index (χ1n) is 45.6. The zero-order valence-electron chi connectivity index (χ0n) is 69.5. The number of hydrogen-bond acceptors (Lipinski definition) is 3. The van der Waals surface area contributed by atoms with E-state index in [0.29, 0.717) is 0 Å². The number of carbonyl (C=O) groups is 2. The highest BCUT2D eigenvalue weighted by Crippen LogP contribution is 2.29. The summed E-state index contributed by atoms with van der Waals surface area (Å²) in [5, 5.41) is 17.6. The molecule has 2 N–H and O–H groups in total. The van der Waals surface area contributed by atoms with Crippen LogP contribution < -0.4 is 0 Å². The Hall–Kier alpha value is -2.35. The molecule has 6 nitrogen and oxygen atoms in total. The Kier molecular flexibility index (Phi) is 75.5. The summed E-state index contributed by atoms with van der Waals surface area (Å²) in [4.78, 5) is 23.2. The molecule has 0 aliphatic heterocycles. The second-order valence-corrected chi connectivity index (χ2v) is 33.2. The van der Waals surface area contributed by atoms with E-state index in [1.807, 2.05) is 0 Å². The zero-order chi connectivity index (χ0) is 73.7. The Morgan fingerprint density at radius 1 is 0.208 bits per heavy atom. The molecular formula is C94H178N2O4S+2. The Bertz CT molecular complexity index is 1660. The first kappa shape index (κ1) is 98.7. The lowest BCUT2D eigenvalue weighted by Gasteiger charge is -2.40. The van der Waals surface area contributed by atoms with Gasteiger partial charge in [0.2, 0.25) is 0 Å². The van der Waals surface area contributed by atoms with E-state index in [1.54, 1.807) is 24.3 Å². The summed E-state index contributed by atoms with van der Waals surface area (Å²) in [6, 6.07) is 13.0. The lowest BCUT2D eigenvalue weighted by atomic mass is 10.0. The molecule has 7 heteroatoms. The number of carboxylic acids is 2. The molecular weight excluding hydrogens is 1250 g/mol. The number of nitrogens with zero attached hydrogens (tertiary/aromatic N) is 2. The van der Waals surface area contributed by atoms with Crippen LogP contribution in [0.25, 0.3) is 0 Å². The Morgan fingerprint density at radius 3 is 0.446 bits per heavy atom. The second kappa shape index (κ2) is 77.3. The molecule has 2 aromatic carbocycles. The number of aromatic carboxylic acids is 2. The Balaban J connectivity index is 0.00000158. The van der Waals surface area contributed by atoms with E-state index in [9.17, 15) is 9.59 Å². The third-order valence-electron chi connectivity index (χ3n) is 22.3. The van der Waals surface area contributed by atoms with Gasteiger partial charge in [-0.2, -0.15) is 0 Å². The maximum atomic E-state index is 10.7. The molecule has 0 heterocycles. The molecule has 0 aliphatic rings. The van der Waals surface area contributed by atoms with E-state index in [0.717, 1.165) is 9.79 Å². The average Bonchev–Trinajstić information content (AvgIpc) is 0.904. The maximum Gasteiger partial charge on any atom is 0.335 e. The highest BCUT2D eigenvalue weighted by atomic mass is 32.2. The van der Waals surface area contributed by atoms with Gasteiger partial charge in [-0.15, -0.1) is 0 Å². The molecule has 0 atom stereocenters. The number of unbranched alkanes of at least 4 members (excludes halogenated alkanes) is 56. The smallest absolute Gasteiger partial charge is 0.335 e. The van der Waals surface area contributed by atoms with Crippen molar-refractivity contribution in [3.05, 3.63) is 59.7 Å². The van der Waals surface area contributed by atoms with Crippen molar-refractivity contribution in [1.82, 2.24) is 0 Å². The maximum absolute atomic E-state index is 10.7. The Labute approximate surface area is 636 Å². The van der Waals surface area contributed by atoms with E-state index in [2.05, 4.69) is 55.4 Å². The molecule has 0 saturated carbocycles. The summed E-state index contributed by atoms with van der Waals surface area (Å²) in [5.41, 5.74) is 0.483. The van der Waals surface area contributed by atoms with Gasteiger partial charge in [0.25, 0.3) is 0 Å². The van der Waals surface area contributed by atoms with E-state index in [4.69, 9.17) is 10.2 Å². The van der Waals surface area contributed by atoms with E-state index in [1.165, 1.54) is 508 Å². The molecule has 0 aliphatic carbocycles. The normalized spacial score (nSPS) is 11.6. The van der Waals surface area contributed by atoms with Crippen molar-refractivity contribution in [2.24, 2.45) is 0 Å². The van der Waals surface area contributed by atoms with Crippen molar-refractivity contribution in [2.45, 2.75) is 476 Å². The van der Waals surface area contributed by atoms with Crippen LogP contribution in [0.1, 0.15) is 487 Å². The van der Waals surface area contributed by atoms with E-state index >= 15 is 0 Å². The van der Waals surface area contributed by atoms with E-state index < -0.39 is 11.9 Å². The molecule has 592 valence electrons. The van der Waals surface area contributed by atoms with Gasteiger partial charge in [0.15, 0.2) is 0 Å². The molecule has 0 saturated heterocycles. The van der Waals surface area contributed by atoms with Crippen LogP contribution >= 0.6 is 11.8 Å². The highest BCUT2D eigenvalue weighted by molar-refractivity contribution is 7.99. The van der Waals surface area contributed by atoms with Crippen molar-refractivity contribution in [3.8, 4) is 0 Å². The zero-order valence-corrected chi connectivity index (χ0v) is 70.4. The molecule has 0 radical (unpaired) electrons. The second-order valence-electron chi connectivity index (χ2n) is 32.0. The summed E-state index contributed by atoms with van der Waals surface area (Å²) in [6.07, 6.45) is 93.5. The summed E-state index contributed by atoms with van der Waals surface area (Å²) < 4.78 is 2.97.